The molecule has 2 unspecified atom stereocenters. The van der Waals surface area contributed by atoms with Crippen LogP contribution in [0, 0.1) is 5.92 Å². The Bertz CT molecular complexity index is 339. The van der Waals surface area contributed by atoms with Crippen LogP contribution in [0.2, 0.25) is 0 Å². The van der Waals surface area contributed by atoms with Gasteiger partial charge in [-0.15, -0.1) is 11.6 Å². The van der Waals surface area contributed by atoms with Gasteiger partial charge in [-0.25, -0.2) is 0 Å². The molecule has 0 bridgehead atoms. The molecule has 2 nitrogen and oxygen atoms in total. The highest BCUT2D eigenvalue weighted by molar-refractivity contribution is 6.16. The van der Waals surface area contributed by atoms with E-state index in [2.05, 4.69) is 11.9 Å². The Morgan fingerprint density at radius 1 is 1.41 bits per heavy atom. The SMILES string of the molecule is CCC1CCCC(Oc2ccc(CCl)nc2)C1. The fourth-order valence-electron chi connectivity index (χ4n) is 2.47. The minimum Gasteiger partial charge on any atom is -0.489 e. The lowest BCUT2D eigenvalue weighted by Gasteiger charge is -2.28. The van der Waals surface area contributed by atoms with Crippen LogP contribution in [0.3, 0.4) is 0 Å². The molecule has 0 aliphatic heterocycles. The third-order valence-corrected chi connectivity index (χ3v) is 3.82. The molecule has 0 spiro atoms. The number of rotatable bonds is 4. The van der Waals surface area contributed by atoms with Crippen LogP contribution >= 0.6 is 11.6 Å². The quantitative estimate of drug-likeness (QED) is 0.752. The number of hydrogen-bond acceptors (Lipinski definition) is 2. The smallest absolute Gasteiger partial charge is 0.138 e. The van der Waals surface area contributed by atoms with E-state index in [4.69, 9.17) is 16.3 Å². The molecule has 17 heavy (non-hydrogen) atoms. The number of aromatic nitrogens is 1. The summed E-state index contributed by atoms with van der Waals surface area (Å²) in [5.41, 5.74) is 0.897. The summed E-state index contributed by atoms with van der Waals surface area (Å²) < 4.78 is 5.98. The van der Waals surface area contributed by atoms with Crippen LogP contribution in [-0.4, -0.2) is 11.1 Å². The lowest BCUT2D eigenvalue weighted by Crippen LogP contribution is -2.25. The van der Waals surface area contributed by atoms with Gasteiger partial charge in [-0.3, -0.25) is 4.98 Å². The minimum absolute atomic E-state index is 0.373. The molecule has 0 aromatic carbocycles. The van der Waals surface area contributed by atoms with Crippen molar-refractivity contribution in [1.82, 2.24) is 4.98 Å². The van der Waals surface area contributed by atoms with Crippen molar-refractivity contribution in [3.63, 3.8) is 0 Å². The summed E-state index contributed by atoms with van der Waals surface area (Å²) in [5.74, 6) is 2.17. The van der Waals surface area contributed by atoms with Crippen LogP contribution in [0.15, 0.2) is 18.3 Å². The highest BCUT2D eigenvalue weighted by Gasteiger charge is 2.21. The molecular formula is C14H20ClNO. The third-order valence-electron chi connectivity index (χ3n) is 3.55. The molecule has 2 rings (SSSR count). The van der Waals surface area contributed by atoms with Gasteiger partial charge in [-0.05, 0) is 37.3 Å². The minimum atomic E-state index is 0.373. The van der Waals surface area contributed by atoms with Gasteiger partial charge in [-0.1, -0.05) is 19.8 Å². The van der Waals surface area contributed by atoms with E-state index in [-0.39, 0.29) is 0 Å². The summed E-state index contributed by atoms with van der Waals surface area (Å²) in [7, 11) is 0. The van der Waals surface area contributed by atoms with Crippen LogP contribution in [-0.2, 0) is 5.88 Å². The molecule has 1 aromatic heterocycles. The summed E-state index contributed by atoms with van der Waals surface area (Å²) in [6.07, 6.45) is 8.44. The molecule has 0 saturated heterocycles. The van der Waals surface area contributed by atoms with Gasteiger partial charge < -0.3 is 4.74 Å². The van der Waals surface area contributed by atoms with Crippen molar-refractivity contribution in [3.05, 3.63) is 24.0 Å². The van der Waals surface area contributed by atoms with Gasteiger partial charge in [0.25, 0.3) is 0 Å². The molecule has 1 aliphatic carbocycles. The first-order valence-corrected chi connectivity index (χ1v) is 7.02. The normalized spacial score (nSPS) is 24.6. The Kier molecular flexibility index (Phi) is 4.66. The third kappa shape index (κ3) is 3.60. The standard InChI is InChI=1S/C14H20ClNO/c1-2-11-4-3-5-13(8-11)17-14-7-6-12(9-15)16-10-14/h6-7,10-11,13H,2-5,8-9H2,1H3. The number of ether oxygens (including phenoxy) is 1. The van der Waals surface area contributed by atoms with Crippen molar-refractivity contribution in [2.45, 2.75) is 51.0 Å². The van der Waals surface area contributed by atoms with E-state index in [1.165, 1.54) is 32.1 Å². The van der Waals surface area contributed by atoms with Crippen molar-refractivity contribution in [2.75, 3.05) is 0 Å². The molecule has 3 heteroatoms. The second-order valence-corrected chi connectivity index (χ2v) is 5.07. The fraction of sp³-hybridized carbons (Fsp3) is 0.643. The van der Waals surface area contributed by atoms with Gasteiger partial charge in [0.15, 0.2) is 0 Å². The monoisotopic (exact) mass is 253 g/mol. The number of nitrogens with zero attached hydrogens (tertiary/aromatic N) is 1. The van der Waals surface area contributed by atoms with Gasteiger partial charge in [0.1, 0.15) is 5.75 Å². The molecule has 2 atom stereocenters. The molecule has 0 radical (unpaired) electrons. The van der Waals surface area contributed by atoms with Crippen molar-refractivity contribution in [1.29, 1.82) is 0 Å². The van der Waals surface area contributed by atoms with E-state index in [9.17, 15) is 0 Å². The Balaban J connectivity index is 1.90. The molecule has 1 aliphatic rings. The van der Waals surface area contributed by atoms with E-state index in [1.807, 2.05) is 12.1 Å². The molecule has 1 heterocycles. The zero-order valence-corrected chi connectivity index (χ0v) is 11.1. The van der Waals surface area contributed by atoms with Crippen molar-refractivity contribution < 1.29 is 4.74 Å². The topological polar surface area (TPSA) is 22.1 Å². The van der Waals surface area contributed by atoms with E-state index < -0.39 is 0 Å². The number of hydrogen-bond donors (Lipinski definition) is 0. The van der Waals surface area contributed by atoms with E-state index in [1.54, 1.807) is 6.20 Å². The van der Waals surface area contributed by atoms with Gasteiger partial charge in [0.05, 0.1) is 23.9 Å². The zero-order valence-electron chi connectivity index (χ0n) is 10.4. The molecule has 94 valence electrons. The highest BCUT2D eigenvalue weighted by Crippen LogP contribution is 2.29. The van der Waals surface area contributed by atoms with Crippen molar-refractivity contribution in [2.24, 2.45) is 5.92 Å². The van der Waals surface area contributed by atoms with Crippen molar-refractivity contribution >= 4 is 11.6 Å². The van der Waals surface area contributed by atoms with E-state index in [0.717, 1.165) is 17.4 Å². The van der Waals surface area contributed by atoms with Gasteiger partial charge in [0.2, 0.25) is 0 Å². The van der Waals surface area contributed by atoms with Crippen LogP contribution in [0.5, 0.6) is 5.75 Å². The maximum Gasteiger partial charge on any atom is 0.138 e. The number of pyridine rings is 1. The summed E-state index contributed by atoms with van der Waals surface area (Å²) in [6.45, 7) is 2.27. The molecule has 0 N–H and O–H groups in total. The Labute approximate surface area is 108 Å². The largest absolute Gasteiger partial charge is 0.489 e. The number of alkyl halides is 1. The van der Waals surface area contributed by atoms with Gasteiger partial charge in [-0.2, -0.15) is 0 Å². The van der Waals surface area contributed by atoms with Crippen LogP contribution < -0.4 is 4.74 Å². The first-order valence-electron chi connectivity index (χ1n) is 6.49. The first-order chi connectivity index (χ1) is 8.31. The molecule has 0 amide bonds. The second-order valence-electron chi connectivity index (χ2n) is 4.80. The maximum absolute atomic E-state index is 5.98. The Morgan fingerprint density at radius 3 is 2.94 bits per heavy atom. The lowest BCUT2D eigenvalue weighted by atomic mass is 9.85. The predicted octanol–water partition coefficient (Wildman–Crippen LogP) is 4.17. The first kappa shape index (κ1) is 12.7. The number of halogens is 1. The van der Waals surface area contributed by atoms with Crippen molar-refractivity contribution in [3.8, 4) is 5.75 Å². The Morgan fingerprint density at radius 2 is 2.29 bits per heavy atom. The average molecular weight is 254 g/mol. The molecule has 1 saturated carbocycles. The van der Waals surface area contributed by atoms with E-state index in [0.29, 0.717) is 12.0 Å². The van der Waals surface area contributed by atoms with Gasteiger partial charge in [0, 0.05) is 0 Å². The van der Waals surface area contributed by atoms with Crippen LogP contribution in [0.4, 0.5) is 0 Å². The Hall–Kier alpha value is -0.760. The maximum atomic E-state index is 5.98. The van der Waals surface area contributed by atoms with E-state index >= 15 is 0 Å². The fourth-order valence-corrected chi connectivity index (χ4v) is 2.63. The van der Waals surface area contributed by atoms with Crippen LogP contribution in [0.1, 0.15) is 44.7 Å². The highest BCUT2D eigenvalue weighted by atomic mass is 35.5. The summed E-state index contributed by atoms with van der Waals surface area (Å²) in [4.78, 5) is 4.24. The average Bonchev–Trinajstić information content (AvgIpc) is 2.40. The summed E-state index contributed by atoms with van der Waals surface area (Å²) >= 11 is 5.71. The van der Waals surface area contributed by atoms with Crippen LogP contribution in [0.25, 0.3) is 0 Å². The molecule has 1 aromatic rings. The lowest BCUT2D eigenvalue weighted by molar-refractivity contribution is 0.121. The summed E-state index contributed by atoms with van der Waals surface area (Å²) in [6, 6.07) is 3.91. The zero-order chi connectivity index (χ0) is 12.1. The second kappa shape index (κ2) is 6.25. The molecule has 1 fully saturated rings. The predicted molar refractivity (Wildman–Crippen MR) is 70.5 cm³/mol. The van der Waals surface area contributed by atoms with Gasteiger partial charge >= 0.3 is 0 Å². The summed E-state index contributed by atoms with van der Waals surface area (Å²) in [5, 5.41) is 0. The molecular weight excluding hydrogens is 234 g/mol.